The first-order chi connectivity index (χ1) is 45.2. The van der Waals surface area contributed by atoms with Crippen LogP contribution >= 0.6 is 11.8 Å². The molecule has 0 aliphatic carbocycles. The maximum atomic E-state index is 14.7. The Balaban J connectivity index is 1.56. The van der Waals surface area contributed by atoms with E-state index < -0.39 is 169 Å². The lowest BCUT2D eigenvalue weighted by Crippen LogP contribution is -2.60. The van der Waals surface area contributed by atoms with Crippen LogP contribution in [0.2, 0.25) is 0 Å². The van der Waals surface area contributed by atoms with Crippen LogP contribution in [0.1, 0.15) is 121 Å². The molecule has 13 amide bonds. The van der Waals surface area contributed by atoms with Crippen molar-refractivity contribution in [3.8, 4) is 0 Å². The van der Waals surface area contributed by atoms with Gasteiger partial charge in [-0.3, -0.25) is 67.3 Å². The number of primary amides is 3. The van der Waals surface area contributed by atoms with Gasteiger partial charge in [0, 0.05) is 45.3 Å². The summed E-state index contributed by atoms with van der Waals surface area (Å²) in [4.78, 5) is 185. The molecule has 2 saturated heterocycles. The van der Waals surface area contributed by atoms with E-state index in [-0.39, 0.29) is 83.0 Å². The second kappa shape index (κ2) is 41.0. The van der Waals surface area contributed by atoms with E-state index in [9.17, 15) is 62.3 Å². The minimum atomic E-state index is -1.64. The average molecular weight is 1350 g/mol. The molecule has 0 aromatic heterocycles. The summed E-state index contributed by atoms with van der Waals surface area (Å²) in [6.07, 6.45) is 3.12. The number of likely N-dealkylation sites (tertiary alicyclic amines) is 2. The number of guanidine groups is 1. The van der Waals surface area contributed by atoms with Gasteiger partial charge in [0.15, 0.2) is 5.96 Å². The van der Waals surface area contributed by atoms with E-state index >= 15 is 0 Å². The van der Waals surface area contributed by atoms with Gasteiger partial charge in [0.1, 0.15) is 54.4 Å². The van der Waals surface area contributed by atoms with Crippen LogP contribution in [0, 0.1) is 5.92 Å². The molecule has 2 fully saturated rings. The van der Waals surface area contributed by atoms with Gasteiger partial charge in [0.25, 0.3) is 0 Å². The van der Waals surface area contributed by atoms with E-state index in [2.05, 4.69) is 47.5 Å². The van der Waals surface area contributed by atoms with Gasteiger partial charge in [-0.2, -0.15) is 11.8 Å². The maximum absolute atomic E-state index is 14.7. The zero-order valence-electron chi connectivity index (χ0n) is 54.5. The van der Waals surface area contributed by atoms with Crippen LogP contribution in [0.5, 0.6) is 0 Å². The Labute approximate surface area is 558 Å². The highest BCUT2D eigenvalue weighted by atomic mass is 32.2. The van der Waals surface area contributed by atoms with Crippen molar-refractivity contribution in [3.63, 3.8) is 0 Å². The van der Waals surface area contributed by atoms with Crippen molar-refractivity contribution >= 4 is 94.5 Å². The number of rotatable bonds is 42. The molecule has 2 aliphatic rings. The molecule has 22 N–H and O–H groups in total. The maximum Gasteiger partial charge on any atom is 0.245 e. The molecule has 2 aliphatic heterocycles. The third-order valence-corrected chi connectivity index (χ3v) is 16.7. The Morgan fingerprint density at radius 2 is 1.01 bits per heavy atom. The molecule has 0 radical (unpaired) electrons. The van der Waals surface area contributed by atoms with Gasteiger partial charge in [-0.1, -0.05) is 74.5 Å². The number of benzene rings is 2. The van der Waals surface area contributed by atoms with Gasteiger partial charge < -0.3 is 92.5 Å². The first kappa shape index (κ1) is 78.5. The topological polar surface area (TPSA) is 519 Å². The molecule has 10 atom stereocenters. The van der Waals surface area contributed by atoms with E-state index in [1.54, 1.807) is 60.7 Å². The lowest BCUT2D eigenvalue weighted by Gasteiger charge is -2.32. The number of hydrogen-bond acceptors (Lipinski definition) is 17. The highest BCUT2D eigenvalue weighted by Gasteiger charge is 2.42. The fourth-order valence-corrected chi connectivity index (χ4v) is 11.5. The van der Waals surface area contributed by atoms with Crippen molar-refractivity contribution in [3.05, 3.63) is 71.8 Å². The molecule has 2 aromatic rings. The van der Waals surface area contributed by atoms with Crippen LogP contribution < -0.4 is 82.7 Å². The van der Waals surface area contributed by atoms with Crippen molar-refractivity contribution in [2.75, 3.05) is 44.7 Å². The lowest BCUT2D eigenvalue weighted by molar-refractivity contribution is -0.144. The molecule has 0 bridgehead atoms. The molecule has 0 unspecified atom stereocenters. The number of hydrogen-bond donors (Lipinski definition) is 15. The zero-order chi connectivity index (χ0) is 70.1. The fraction of sp³-hybridized carbons (Fsp3) is 0.587. The van der Waals surface area contributed by atoms with Crippen LogP contribution in [-0.4, -0.2) is 198 Å². The number of nitrogens with zero attached hydrogens (tertiary/aromatic N) is 3. The van der Waals surface area contributed by atoms with Crippen LogP contribution in [0.3, 0.4) is 0 Å². The summed E-state index contributed by atoms with van der Waals surface area (Å²) in [5.74, 6) is -9.80. The first-order valence-corrected chi connectivity index (χ1v) is 33.6. The number of nitrogens with one attached hydrogen (secondary N) is 8. The Morgan fingerprint density at radius 1 is 0.537 bits per heavy atom. The molecule has 0 saturated carbocycles. The van der Waals surface area contributed by atoms with Gasteiger partial charge in [-0.15, -0.1) is 0 Å². The highest BCUT2D eigenvalue weighted by molar-refractivity contribution is 7.98. The Hall–Kier alpha value is -8.91. The summed E-state index contributed by atoms with van der Waals surface area (Å²) < 4.78 is 0. The second-order valence-corrected chi connectivity index (χ2v) is 25.1. The number of carbonyl (C=O) groups excluding carboxylic acids is 13. The van der Waals surface area contributed by atoms with Gasteiger partial charge in [0.05, 0.1) is 12.6 Å². The molecule has 524 valence electrons. The van der Waals surface area contributed by atoms with E-state index in [1.807, 2.05) is 20.1 Å². The van der Waals surface area contributed by atoms with Gasteiger partial charge >= 0.3 is 0 Å². The van der Waals surface area contributed by atoms with E-state index in [1.165, 1.54) is 21.6 Å². The summed E-state index contributed by atoms with van der Waals surface area (Å²) in [5, 5.41) is 21.1. The lowest BCUT2D eigenvalue weighted by atomic mass is 10.0. The number of nitrogens with two attached hydrogens (primary N) is 7. The molecule has 2 aromatic carbocycles. The summed E-state index contributed by atoms with van der Waals surface area (Å²) in [5.41, 5.74) is 40.6. The summed E-state index contributed by atoms with van der Waals surface area (Å²) in [6, 6.07) is 4.51. The molecule has 95 heavy (non-hydrogen) atoms. The number of amides is 13. The van der Waals surface area contributed by atoms with Crippen molar-refractivity contribution in [1.82, 2.24) is 52.3 Å². The second-order valence-electron chi connectivity index (χ2n) is 24.1. The number of aliphatic imine (C=N–C) groups is 1. The van der Waals surface area contributed by atoms with Crippen molar-refractivity contribution in [2.24, 2.45) is 51.0 Å². The molecule has 2 heterocycles. The largest absolute Gasteiger partial charge is 0.370 e. The van der Waals surface area contributed by atoms with Gasteiger partial charge in [-0.05, 0) is 119 Å². The van der Waals surface area contributed by atoms with E-state index in [0.717, 1.165) is 0 Å². The summed E-state index contributed by atoms with van der Waals surface area (Å²) in [6.45, 7) is 3.86. The molecule has 4 rings (SSSR count). The molecule has 0 spiro atoms. The van der Waals surface area contributed by atoms with Crippen molar-refractivity contribution in [2.45, 2.75) is 183 Å². The first-order valence-electron chi connectivity index (χ1n) is 32.2. The molecular weight excluding hydrogens is 1250 g/mol. The van der Waals surface area contributed by atoms with Crippen molar-refractivity contribution in [1.29, 1.82) is 0 Å². The molecule has 32 heteroatoms. The predicted molar refractivity (Wildman–Crippen MR) is 356 cm³/mol. The quantitative estimate of drug-likeness (QED) is 0.0173. The van der Waals surface area contributed by atoms with Crippen LogP contribution in [0.15, 0.2) is 65.7 Å². The Morgan fingerprint density at radius 3 is 1.51 bits per heavy atom. The average Bonchev–Trinajstić information content (AvgIpc) is 1.74. The SMILES string of the molecule is CSCC[C@H](NC(=O)[C@@H](CC(C)C)NC(=O)CNC(=O)[C@@H](Cc1ccccc1)NC(=O)[C@@H](Cc1ccccc1)NC(=O)[C@H](CCC(N)=O)NC(=O)[C@@H](CCC(N)=O)NC(=O)[C@H]1CCCN1C(=O)[C@H](CCCCN)NC(=O)[C@@H]1CCCN1C(=O)[C@@H](N)CCCN=C(N)N)C(N)=O. The summed E-state index contributed by atoms with van der Waals surface area (Å²) >= 11 is 1.45. The minimum Gasteiger partial charge on any atom is -0.370 e. The Kier molecular flexibility index (Phi) is 33.9. The monoisotopic (exact) mass is 1350 g/mol. The number of thioether (sulfide) groups is 1. The number of carbonyl (C=O) groups is 13. The third-order valence-electron chi connectivity index (χ3n) is 16.0. The molecular formula is C63H98N18O13S. The van der Waals surface area contributed by atoms with Crippen LogP contribution in [0.4, 0.5) is 0 Å². The number of unbranched alkanes of at least 4 members (excludes halogenated alkanes) is 1. The fourth-order valence-electron chi connectivity index (χ4n) is 11.0. The summed E-state index contributed by atoms with van der Waals surface area (Å²) in [7, 11) is 0. The predicted octanol–water partition coefficient (Wildman–Crippen LogP) is -3.71. The van der Waals surface area contributed by atoms with Gasteiger partial charge in [0.2, 0.25) is 76.8 Å². The third kappa shape index (κ3) is 27.5. The van der Waals surface area contributed by atoms with Crippen LogP contribution in [-0.2, 0) is 75.2 Å². The van der Waals surface area contributed by atoms with Crippen LogP contribution in [0.25, 0.3) is 0 Å². The Bertz CT molecular complexity index is 2960. The molecule has 31 nitrogen and oxygen atoms in total. The van der Waals surface area contributed by atoms with Gasteiger partial charge in [-0.25, -0.2) is 0 Å². The zero-order valence-corrected chi connectivity index (χ0v) is 55.3. The van der Waals surface area contributed by atoms with E-state index in [4.69, 9.17) is 40.1 Å². The van der Waals surface area contributed by atoms with Crippen molar-refractivity contribution < 1.29 is 62.3 Å². The normalized spacial score (nSPS) is 16.8. The van der Waals surface area contributed by atoms with E-state index in [0.29, 0.717) is 55.4 Å². The standard InChI is InChI=1S/C63H98N18O13S/c1-37(2)33-45(57(89)74-41(53(68)85)27-32-95-3)73-52(84)36-72-54(86)46(34-38-15-6-4-7-16-38)78-58(90)47(35-39-17-8-5-9-18-39)79-56(88)42(23-25-50(66)82)75-55(87)43(24-26-51(67)83)76-59(91)49-22-14-31-81(49)62(94)44(20-10-11-28-64)77-60(92)48-21-13-30-80(48)61(93)40(65)19-12-29-71-63(69)70/h4-9,15-18,37,40-49H,10-14,19-36,64-65H2,1-3H3,(H2,66,82)(H2,67,83)(H2,68,85)(H,72,86)(H,73,84)(H,74,89)(H,75,87)(H,76,91)(H,77,92)(H,78,90)(H,79,88)(H4,69,70,71)/t40-,41-,42-,43+,44-,45+,46+,47+,48-,49+/m0/s1. The smallest absolute Gasteiger partial charge is 0.245 e. The minimum absolute atomic E-state index is 0.0736. The highest BCUT2D eigenvalue weighted by Crippen LogP contribution is 2.24.